The lowest BCUT2D eigenvalue weighted by molar-refractivity contribution is -0.118. The van der Waals surface area contributed by atoms with Crippen LogP contribution in [-0.4, -0.2) is 11.8 Å². The molecule has 1 aliphatic carbocycles. The SMILES string of the molecule is CC(=O)Nc1ccc(NC(=O)[C@H]2[C@@H](C=C(C)C)C2(C)C)cc1Cl. The summed E-state index contributed by atoms with van der Waals surface area (Å²) >= 11 is 6.13. The van der Waals surface area contributed by atoms with Crippen molar-refractivity contribution < 1.29 is 9.59 Å². The topological polar surface area (TPSA) is 58.2 Å². The number of hydrogen-bond acceptors (Lipinski definition) is 2. The van der Waals surface area contributed by atoms with Gasteiger partial charge in [0, 0.05) is 12.6 Å². The van der Waals surface area contributed by atoms with Gasteiger partial charge in [0.05, 0.1) is 16.6 Å². The molecule has 0 spiro atoms. The fraction of sp³-hybridized carbons (Fsp3) is 0.444. The van der Waals surface area contributed by atoms with Crippen LogP contribution in [0.4, 0.5) is 11.4 Å². The normalized spacial score (nSPS) is 21.3. The first-order valence-corrected chi connectivity index (χ1v) is 8.03. The van der Waals surface area contributed by atoms with Gasteiger partial charge in [0.1, 0.15) is 0 Å². The second-order valence-electron chi connectivity index (χ2n) is 6.93. The molecule has 1 fully saturated rings. The van der Waals surface area contributed by atoms with Gasteiger partial charge in [-0.05, 0) is 43.4 Å². The lowest BCUT2D eigenvalue weighted by Crippen LogP contribution is -2.17. The molecule has 0 unspecified atom stereocenters. The maximum absolute atomic E-state index is 12.5. The molecule has 2 amide bonds. The van der Waals surface area contributed by atoms with Crippen molar-refractivity contribution in [3.8, 4) is 0 Å². The van der Waals surface area contributed by atoms with E-state index in [1.807, 2.05) is 13.8 Å². The predicted octanol–water partition coefficient (Wildman–Crippen LogP) is 4.48. The first kappa shape index (κ1) is 17.5. The Morgan fingerprint density at radius 3 is 2.35 bits per heavy atom. The standard InChI is InChI=1S/C18H23ClN2O2/c1-10(2)8-13-16(18(13,4)5)17(23)21-12-6-7-15(14(19)9-12)20-11(3)22/h6-9,13,16H,1-5H3,(H,20,22)(H,21,23)/t13-,16-/m1/s1. The van der Waals surface area contributed by atoms with E-state index in [9.17, 15) is 9.59 Å². The van der Waals surface area contributed by atoms with Crippen molar-refractivity contribution in [2.45, 2.75) is 34.6 Å². The molecule has 0 radical (unpaired) electrons. The number of carbonyl (C=O) groups excluding carboxylic acids is 2. The van der Waals surface area contributed by atoms with Gasteiger partial charge >= 0.3 is 0 Å². The van der Waals surface area contributed by atoms with E-state index in [1.165, 1.54) is 12.5 Å². The van der Waals surface area contributed by atoms with Gasteiger partial charge in [-0.15, -0.1) is 0 Å². The minimum atomic E-state index is -0.187. The van der Waals surface area contributed by atoms with Gasteiger partial charge in [-0.25, -0.2) is 0 Å². The third-order valence-corrected chi connectivity index (χ3v) is 4.57. The molecule has 1 aromatic rings. The predicted molar refractivity (Wildman–Crippen MR) is 94.6 cm³/mol. The zero-order valence-corrected chi connectivity index (χ0v) is 14.9. The molecule has 1 saturated carbocycles. The molecule has 0 bridgehead atoms. The van der Waals surface area contributed by atoms with Gasteiger partial charge in [-0.1, -0.05) is 37.1 Å². The van der Waals surface area contributed by atoms with Crippen LogP contribution in [0.15, 0.2) is 29.8 Å². The number of benzene rings is 1. The summed E-state index contributed by atoms with van der Waals surface area (Å²) in [6.45, 7) is 9.72. The molecule has 0 saturated heterocycles. The van der Waals surface area contributed by atoms with Crippen LogP contribution in [0.3, 0.4) is 0 Å². The Kier molecular flexibility index (Phi) is 4.85. The van der Waals surface area contributed by atoms with Crippen molar-refractivity contribution in [3.63, 3.8) is 0 Å². The van der Waals surface area contributed by atoms with E-state index in [2.05, 4.69) is 30.6 Å². The summed E-state index contributed by atoms with van der Waals surface area (Å²) in [5.41, 5.74) is 2.36. The highest BCUT2D eigenvalue weighted by molar-refractivity contribution is 6.34. The van der Waals surface area contributed by atoms with E-state index in [-0.39, 0.29) is 29.1 Å². The largest absolute Gasteiger partial charge is 0.326 e. The molecular weight excluding hydrogens is 312 g/mol. The summed E-state index contributed by atoms with van der Waals surface area (Å²) < 4.78 is 0. The number of allylic oxidation sites excluding steroid dienone is 2. The Balaban J connectivity index is 2.08. The number of halogens is 1. The van der Waals surface area contributed by atoms with Crippen LogP contribution >= 0.6 is 11.6 Å². The zero-order valence-electron chi connectivity index (χ0n) is 14.2. The fourth-order valence-electron chi connectivity index (χ4n) is 2.95. The van der Waals surface area contributed by atoms with Crippen LogP contribution in [-0.2, 0) is 9.59 Å². The summed E-state index contributed by atoms with van der Waals surface area (Å²) in [7, 11) is 0. The molecule has 5 heteroatoms. The number of carbonyl (C=O) groups is 2. The van der Waals surface area contributed by atoms with Crippen molar-refractivity contribution in [1.82, 2.24) is 0 Å². The van der Waals surface area contributed by atoms with E-state index in [0.29, 0.717) is 16.4 Å². The second kappa shape index (κ2) is 6.36. The molecule has 124 valence electrons. The average molecular weight is 335 g/mol. The lowest BCUT2D eigenvalue weighted by atomic mass is 10.1. The Morgan fingerprint density at radius 2 is 1.83 bits per heavy atom. The third kappa shape index (κ3) is 3.94. The van der Waals surface area contributed by atoms with Gasteiger partial charge in [0.25, 0.3) is 0 Å². The first-order chi connectivity index (χ1) is 10.6. The van der Waals surface area contributed by atoms with Crippen molar-refractivity contribution in [3.05, 3.63) is 34.9 Å². The highest BCUT2D eigenvalue weighted by Crippen LogP contribution is 2.59. The summed E-state index contributed by atoms with van der Waals surface area (Å²) in [5.74, 6) is 0.0432. The van der Waals surface area contributed by atoms with Crippen LogP contribution < -0.4 is 10.6 Å². The molecule has 1 aliphatic rings. The minimum absolute atomic E-state index is 0.000781. The molecule has 2 N–H and O–H groups in total. The quantitative estimate of drug-likeness (QED) is 0.798. The Labute approximate surface area is 142 Å². The van der Waals surface area contributed by atoms with Gasteiger partial charge in [-0.3, -0.25) is 9.59 Å². The third-order valence-electron chi connectivity index (χ3n) is 4.25. The second-order valence-corrected chi connectivity index (χ2v) is 7.34. The van der Waals surface area contributed by atoms with Crippen LogP contribution in [0.5, 0.6) is 0 Å². The van der Waals surface area contributed by atoms with Crippen molar-refractivity contribution >= 4 is 34.8 Å². The van der Waals surface area contributed by atoms with Gasteiger partial charge in [0.2, 0.25) is 11.8 Å². The molecule has 0 aromatic heterocycles. The molecule has 2 atom stereocenters. The maximum Gasteiger partial charge on any atom is 0.228 e. The molecule has 1 aromatic carbocycles. The number of amides is 2. The van der Waals surface area contributed by atoms with Crippen LogP contribution in [0.2, 0.25) is 5.02 Å². The number of anilines is 2. The summed E-state index contributed by atoms with van der Waals surface area (Å²) in [5, 5.41) is 5.95. The van der Waals surface area contributed by atoms with Crippen LogP contribution in [0.1, 0.15) is 34.6 Å². The number of hydrogen-bond donors (Lipinski definition) is 2. The van der Waals surface area contributed by atoms with Gasteiger partial charge < -0.3 is 10.6 Å². The van der Waals surface area contributed by atoms with Gasteiger partial charge in [0.15, 0.2) is 0 Å². The van der Waals surface area contributed by atoms with Gasteiger partial charge in [-0.2, -0.15) is 0 Å². The van der Waals surface area contributed by atoms with E-state index in [4.69, 9.17) is 11.6 Å². The molecular formula is C18H23ClN2O2. The summed E-state index contributed by atoms with van der Waals surface area (Å²) in [6, 6.07) is 5.07. The van der Waals surface area contributed by atoms with Crippen molar-refractivity contribution in [1.29, 1.82) is 0 Å². The number of rotatable bonds is 4. The highest BCUT2D eigenvalue weighted by atomic mass is 35.5. The first-order valence-electron chi connectivity index (χ1n) is 7.66. The van der Waals surface area contributed by atoms with Crippen molar-refractivity contribution in [2.75, 3.05) is 10.6 Å². The summed E-state index contributed by atoms with van der Waals surface area (Å²) in [6.07, 6.45) is 2.16. The summed E-state index contributed by atoms with van der Waals surface area (Å²) in [4.78, 5) is 23.6. The monoisotopic (exact) mass is 334 g/mol. The molecule has 0 aliphatic heterocycles. The lowest BCUT2D eigenvalue weighted by Gasteiger charge is -2.09. The molecule has 0 heterocycles. The minimum Gasteiger partial charge on any atom is -0.326 e. The smallest absolute Gasteiger partial charge is 0.228 e. The van der Waals surface area contributed by atoms with Crippen LogP contribution in [0, 0.1) is 17.3 Å². The average Bonchev–Trinajstić information content (AvgIpc) is 2.92. The molecule has 4 nitrogen and oxygen atoms in total. The maximum atomic E-state index is 12.5. The Hall–Kier alpha value is -1.81. The Morgan fingerprint density at radius 1 is 1.17 bits per heavy atom. The highest BCUT2D eigenvalue weighted by Gasteiger charge is 2.60. The Bertz CT molecular complexity index is 676. The van der Waals surface area contributed by atoms with E-state index < -0.39 is 0 Å². The van der Waals surface area contributed by atoms with E-state index in [1.54, 1.807) is 18.2 Å². The van der Waals surface area contributed by atoms with Crippen LogP contribution in [0.25, 0.3) is 0 Å². The van der Waals surface area contributed by atoms with Crippen molar-refractivity contribution in [2.24, 2.45) is 17.3 Å². The molecule has 23 heavy (non-hydrogen) atoms. The van der Waals surface area contributed by atoms with E-state index in [0.717, 1.165) is 0 Å². The fourth-order valence-corrected chi connectivity index (χ4v) is 3.18. The van der Waals surface area contributed by atoms with E-state index >= 15 is 0 Å². The zero-order chi connectivity index (χ0) is 17.4. The molecule has 2 rings (SSSR count). The number of nitrogens with one attached hydrogen (secondary N) is 2.